The Morgan fingerprint density at radius 3 is 1.33 bits per heavy atom. The van der Waals surface area contributed by atoms with Crippen LogP contribution < -0.4 is 4.90 Å². The van der Waals surface area contributed by atoms with Crippen molar-refractivity contribution in [3.63, 3.8) is 0 Å². The normalized spacial score (nSPS) is 12.9. The molecule has 14 rings (SSSR count). The fourth-order valence-corrected chi connectivity index (χ4v) is 11.5. The van der Waals surface area contributed by atoms with Gasteiger partial charge in [-0.3, -0.25) is 0 Å². The third-order valence-corrected chi connectivity index (χ3v) is 14.5. The van der Waals surface area contributed by atoms with Gasteiger partial charge in [-0.05, 0) is 137 Å². The van der Waals surface area contributed by atoms with E-state index in [-0.39, 0.29) is 0 Å². The minimum Gasteiger partial charge on any atom is -0.456 e. The third-order valence-electron chi connectivity index (χ3n) is 14.5. The minimum absolute atomic E-state index is 0.489. The molecule has 0 bridgehead atoms. The first-order chi connectivity index (χ1) is 33.2. The molecule has 12 aromatic rings. The van der Waals surface area contributed by atoms with Gasteiger partial charge in [-0.25, -0.2) is 0 Å². The summed E-state index contributed by atoms with van der Waals surface area (Å²) in [4.78, 5) is 2.48. The van der Waals surface area contributed by atoms with Crippen LogP contribution in [0.2, 0.25) is 0 Å². The molecule has 1 heterocycles. The van der Waals surface area contributed by atoms with Gasteiger partial charge in [-0.1, -0.05) is 200 Å². The highest BCUT2D eigenvalue weighted by atomic mass is 16.3. The van der Waals surface area contributed by atoms with E-state index in [4.69, 9.17) is 4.42 Å². The first-order valence-electron chi connectivity index (χ1n) is 23.2. The fourth-order valence-electron chi connectivity index (χ4n) is 11.5. The number of benzene rings is 11. The molecule has 0 atom stereocenters. The largest absolute Gasteiger partial charge is 0.456 e. The molecule has 2 nitrogen and oxygen atoms in total. The van der Waals surface area contributed by atoms with Crippen LogP contribution in [0.1, 0.15) is 22.3 Å². The smallest absolute Gasteiger partial charge is 0.138 e. The van der Waals surface area contributed by atoms with Crippen LogP contribution in [0.15, 0.2) is 253 Å². The van der Waals surface area contributed by atoms with Crippen molar-refractivity contribution >= 4 is 49.8 Å². The lowest BCUT2D eigenvalue weighted by molar-refractivity contribution is 0.669. The van der Waals surface area contributed by atoms with E-state index < -0.39 is 5.41 Å². The number of rotatable bonds is 6. The molecule has 11 aromatic carbocycles. The molecular formula is C65H41NO. The molecule has 0 N–H and O–H groups in total. The van der Waals surface area contributed by atoms with E-state index in [2.05, 4.69) is 254 Å². The molecule has 0 amide bonds. The van der Waals surface area contributed by atoms with E-state index in [9.17, 15) is 0 Å². The van der Waals surface area contributed by atoms with Crippen LogP contribution in [0.3, 0.4) is 0 Å². The van der Waals surface area contributed by atoms with Crippen LogP contribution in [-0.2, 0) is 5.41 Å². The first kappa shape index (κ1) is 37.6. The predicted molar refractivity (Wildman–Crippen MR) is 279 cm³/mol. The van der Waals surface area contributed by atoms with Crippen LogP contribution in [0.25, 0.3) is 88.3 Å². The Morgan fingerprint density at radius 1 is 0.299 bits per heavy atom. The Balaban J connectivity index is 1.05. The molecule has 0 saturated carbocycles. The highest BCUT2D eigenvalue weighted by molar-refractivity contribution is 6.17. The number of anilines is 3. The predicted octanol–water partition coefficient (Wildman–Crippen LogP) is 17.6. The van der Waals surface area contributed by atoms with Crippen LogP contribution in [-0.4, -0.2) is 0 Å². The van der Waals surface area contributed by atoms with Gasteiger partial charge in [0.25, 0.3) is 0 Å². The second kappa shape index (κ2) is 14.7. The van der Waals surface area contributed by atoms with Crippen LogP contribution >= 0.6 is 0 Å². The van der Waals surface area contributed by atoms with Gasteiger partial charge in [-0.2, -0.15) is 0 Å². The average molecular weight is 852 g/mol. The van der Waals surface area contributed by atoms with Gasteiger partial charge >= 0.3 is 0 Å². The zero-order chi connectivity index (χ0) is 44.1. The third kappa shape index (κ3) is 5.63. The Labute approximate surface area is 389 Å². The number of nitrogens with zero attached hydrogens (tertiary/aromatic N) is 1. The molecule has 0 aliphatic heterocycles. The summed E-state index contributed by atoms with van der Waals surface area (Å²) in [7, 11) is 0. The van der Waals surface area contributed by atoms with E-state index in [1.165, 1.54) is 72.1 Å². The van der Waals surface area contributed by atoms with Crippen molar-refractivity contribution in [2.75, 3.05) is 4.90 Å². The van der Waals surface area contributed by atoms with Crippen molar-refractivity contribution in [1.82, 2.24) is 0 Å². The molecule has 2 aliphatic carbocycles. The first-order valence-corrected chi connectivity index (χ1v) is 23.2. The van der Waals surface area contributed by atoms with E-state index in [0.717, 1.165) is 55.5 Å². The number of furan rings is 1. The Morgan fingerprint density at radius 2 is 0.746 bits per heavy atom. The van der Waals surface area contributed by atoms with Gasteiger partial charge in [0, 0.05) is 16.8 Å². The van der Waals surface area contributed by atoms with Gasteiger partial charge in [0.05, 0.1) is 16.5 Å². The lowest BCUT2D eigenvalue weighted by atomic mass is 9.70. The van der Waals surface area contributed by atoms with E-state index in [1.807, 2.05) is 0 Å². The van der Waals surface area contributed by atoms with Crippen molar-refractivity contribution in [1.29, 1.82) is 0 Å². The fraction of sp³-hybridized carbons (Fsp3) is 0.0154. The van der Waals surface area contributed by atoms with Crippen LogP contribution in [0.5, 0.6) is 0 Å². The van der Waals surface area contributed by atoms with Crippen molar-refractivity contribution in [3.05, 3.63) is 271 Å². The minimum atomic E-state index is -0.489. The average Bonchev–Trinajstić information content (AvgIpc) is 4.02. The van der Waals surface area contributed by atoms with Gasteiger partial charge in [0.1, 0.15) is 11.2 Å². The van der Waals surface area contributed by atoms with E-state index in [0.29, 0.717) is 0 Å². The SMILES string of the molecule is c1ccc(-c2ccc(-c3cc(N(c4ccc(-c5ccccc5)cc4)c4ccc5c(c4)C4(c6ccccc6-c6ccccc64)c4ccccc4-5)c4c(c3)oc3cc5ccccc5cc34)cc2)cc1. The second-order valence-corrected chi connectivity index (χ2v) is 18.0. The number of hydrogen-bond donors (Lipinski definition) is 0. The molecule has 1 aromatic heterocycles. The highest BCUT2D eigenvalue weighted by Gasteiger charge is 2.51. The summed E-state index contributed by atoms with van der Waals surface area (Å²) in [5.74, 6) is 0. The van der Waals surface area contributed by atoms with Crippen molar-refractivity contribution in [2.45, 2.75) is 5.41 Å². The summed E-state index contributed by atoms with van der Waals surface area (Å²) in [6, 6.07) is 91.3. The Hall–Kier alpha value is -8.72. The molecule has 0 saturated heterocycles. The van der Waals surface area contributed by atoms with Crippen molar-refractivity contribution in [2.24, 2.45) is 0 Å². The molecule has 2 heteroatoms. The topological polar surface area (TPSA) is 16.4 Å². The summed E-state index contributed by atoms with van der Waals surface area (Å²) >= 11 is 0. The van der Waals surface area contributed by atoms with Gasteiger partial charge < -0.3 is 9.32 Å². The molecule has 0 unspecified atom stereocenters. The maximum Gasteiger partial charge on any atom is 0.138 e. The summed E-state index contributed by atoms with van der Waals surface area (Å²) in [6.45, 7) is 0. The van der Waals surface area contributed by atoms with Gasteiger partial charge in [0.15, 0.2) is 0 Å². The van der Waals surface area contributed by atoms with Gasteiger partial charge in [-0.15, -0.1) is 0 Å². The molecule has 0 fully saturated rings. The van der Waals surface area contributed by atoms with Crippen LogP contribution in [0.4, 0.5) is 17.1 Å². The quantitative estimate of drug-likeness (QED) is 0.166. The molecule has 67 heavy (non-hydrogen) atoms. The zero-order valence-electron chi connectivity index (χ0n) is 36.5. The summed E-state index contributed by atoms with van der Waals surface area (Å²) in [5, 5.41) is 4.50. The molecule has 1 spiro atoms. The zero-order valence-corrected chi connectivity index (χ0v) is 36.5. The summed E-state index contributed by atoms with van der Waals surface area (Å²) in [5.41, 5.74) is 21.8. The van der Waals surface area contributed by atoms with Crippen LogP contribution in [0, 0.1) is 0 Å². The highest BCUT2D eigenvalue weighted by Crippen LogP contribution is 2.63. The standard InChI is InChI=1S/C65H41NO/c1-3-15-42(16-4-1)44-27-29-46(30-28-44)49-38-61(64-56-37-47-19-7-8-20-48(47)39-62(56)67-63(64)40-49)66(50-33-31-45(32-34-50)43-17-5-2-6-18-43)51-35-36-55-54-23-11-14-26-59(54)65(60(55)41-51)57-24-12-9-21-52(57)53-22-10-13-25-58(53)65/h1-41H. The monoisotopic (exact) mass is 851 g/mol. The lowest BCUT2D eigenvalue weighted by Crippen LogP contribution is -2.26. The Bertz CT molecular complexity index is 3840. The summed E-state index contributed by atoms with van der Waals surface area (Å²) in [6.07, 6.45) is 0. The molecule has 312 valence electrons. The van der Waals surface area contributed by atoms with E-state index >= 15 is 0 Å². The summed E-state index contributed by atoms with van der Waals surface area (Å²) < 4.78 is 7.00. The maximum atomic E-state index is 7.00. The number of hydrogen-bond acceptors (Lipinski definition) is 2. The lowest BCUT2D eigenvalue weighted by Gasteiger charge is -2.32. The van der Waals surface area contributed by atoms with Gasteiger partial charge in [0.2, 0.25) is 0 Å². The maximum absolute atomic E-state index is 7.00. The van der Waals surface area contributed by atoms with E-state index in [1.54, 1.807) is 0 Å². The second-order valence-electron chi connectivity index (χ2n) is 18.0. The molecular weight excluding hydrogens is 811 g/mol. The molecule has 0 radical (unpaired) electrons. The number of fused-ring (bicyclic) bond motifs is 14. The molecule has 2 aliphatic rings. The Kier molecular flexibility index (Phi) is 8.23. The van der Waals surface area contributed by atoms with Crippen molar-refractivity contribution in [3.8, 4) is 55.6 Å². The van der Waals surface area contributed by atoms with Crippen molar-refractivity contribution < 1.29 is 4.42 Å².